The van der Waals surface area contributed by atoms with Gasteiger partial charge in [0.15, 0.2) is 11.6 Å². The first-order valence-corrected chi connectivity index (χ1v) is 12.7. The second kappa shape index (κ2) is 12.1. The number of Topliss-reactive ketones (excluding diaryl/α,β-unsaturated/α-hetero) is 2. The van der Waals surface area contributed by atoms with E-state index in [4.69, 9.17) is 9.84 Å². The monoisotopic (exact) mass is 468 g/mol. The highest BCUT2D eigenvalue weighted by molar-refractivity contribution is 7.99. The second-order valence-electron chi connectivity index (χ2n) is 8.42. The molecule has 2 aromatic rings. The number of rotatable bonds is 14. The Balaban J connectivity index is 1.90. The van der Waals surface area contributed by atoms with Crippen LogP contribution in [0.5, 0.6) is 0 Å². The first kappa shape index (κ1) is 25.2. The van der Waals surface area contributed by atoms with Crippen LogP contribution in [0.4, 0.5) is 0 Å². The first-order chi connectivity index (χ1) is 16.0. The first-order valence-electron chi connectivity index (χ1n) is 11.6. The molecular weight excluding hydrogens is 436 g/mol. The number of thioether (sulfide) groups is 1. The van der Waals surface area contributed by atoms with Crippen LogP contribution in [-0.4, -0.2) is 47.9 Å². The minimum atomic E-state index is -0.803. The summed E-state index contributed by atoms with van der Waals surface area (Å²) >= 11 is 1.60. The molecule has 0 saturated heterocycles. The molecule has 6 heteroatoms. The van der Waals surface area contributed by atoms with Gasteiger partial charge in [0, 0.05) is 55.1 Å². The number of carbonyl (C=O) groups is 3. The number of unbranched alkanes of at least 4 members (excludes halogenated alkanes) is 1. The number of aliphatic carboxylic acids is 1. The lowest BCUT2D eigenvalue weighted by molar-refractivity contribution is -0.136. The van der Waals surface area contributed by atoms with E-state index in [1.54, 1.807) is 18.9 Å². The van der Waals surface area contributed by atoms with Crippen LogP contribution in [0.15, 0.2) is 36.4 Å². The van der Waals surface area contributed by atoms with Gasteiger partial charge in [-0.2, -0.15) is 11.8 Å². The van der Waals surface area contributed by atoms with Crippen molar-refractivity contribution in [3.8, 4) is 11.1 Å². The lowest BCUT2D eigenvalue weighted by atomic mass is 9.94. The maximum Gasteiger partial charge on any atom is 0.304 e. The van der Waals surface area contributed by atoms with E-state index in [2.05, 4.69) is 6.92 Å². The molecule has 0 spiro atoms. The molecule has 5 nitrogen and oxygen atoms in total. The highest BCUT2D eigenvalue weighted by Crippen LogP contribution is 2.47. The predicted octanol–water partition coefficient (Wildman–Crippen LogP) is 5.99. The molecule has 1 aliphatic rings. The Kier molecular flexibility index (Phi) is 9.27. The van der Waals surface area contributed by atoms with Crippen LogP contribution in [0.3, 0.4) is 0 Å². The van der Waals surface area contributed by atoms with Gasteiger partial charge in [-0.05, 0) is 47.2 Å². The Labute approximate surface area is 199 Å². The lowest BCUT2D eigenvalue weighted by Crippen LogP contribution is -2.06. The van der Waals surface area contributed by atoms with Crippen molar-refractivity contribution in [3.63, 3.8) is 0 Å². The quantitative estimate of drug-likeness (QED) is 0.271. The molecule has 1 N–H and O–H groups in total. The van der Waals surface area contributed by atoms with Crippen LogP contribution in [0.1, 0.15) is 83.2 Å². The highest BCUT2D eigenvalue weighted by atomic mass is 32.2. The zero-order valence-electron chi connectivity index (χ0n) is 19.4. The van der Waals surface area contributed by atoms with Crippen molar-refractivity contribution in [3.05, 3.63) is 58.7 Å². The van der Waals surface area contributed by atoms with Gasteiger partial charge in [-0.15, -0.1) is 0 Å². The van der Waals surface area contributed by atoms with E-state index in [0.29, 0.717) is 42.9 Å². The standard InChI is InChI=1S/C27H32O5S/c1-3-4-6-25(28)18-8-10-20-21-11-9-19(26(29)7-5-13-32-2)16-23(21)24(22(20)15-18)17-33-14-12-27(30)31/h8-11,15-16,24H,3-7,12-14,17H2,1-2H3,(H,30,31). The van der Waals surface area contributed by atoms with E-state index in [1.807, 2.05) is 36.4 Å². The summed E-state index contributed by atoms with van der Waals surface area (Å²) in [5.41, 5.74) is 5.79. The Morgan fingerprint density at radius 3 is 2.00 bits per heavy atom. The van der Waals surface area contributed by atoms with Gasteiger partial charge in [0.1, 0.15) is 0 Å². The molecule has 0 saturated carbocycles. The number of carboxylic acid groups (broad SMARTS) is 1. The van der Waals surface area contributed by atoms with Gasteiger partial charge in [0.2, 0.25) is 0 Å². The minimum Gasteiger partial charge on any atom is -0.481 e. The van der Waals surface area contributed by atoms with E-state index < -0.39 is 5.97 Å². The SMILES string of the molecule is CCCCC(=O)c1ccc2c(c1)C(CSCCC(=O)O)c1cc(C(=O)CCCOC)ccc1-2. The minimum absolute atomic E-state index is 0.0273. The van der Waals surface area contributed by atoms with Crippen molar-refractivity contribution >= 4 is 29.3 Å². The van der Waals surface area contributed by atoms with Crippen molar-refractivity contribution in [1.29, 1.82) is 0 Å². The number of hydrogen-bond acceptors (Lipinski definition) is 5. The maximum atomic E-state index is 12.7. The molecule has 0 radical (unpaired) electrons. The second-order valence-corrected chi connectivity index (χ2v) is 9.57. The normalized spacial score (nSPS) is 14.1. The van der Waals surface area contributed by atoms with E-state index in [0.717, 1.165) is 40.7 Å². The van der Waals surface area contributed by atoms with E-state index in [9.17, 15) is 14.4 Å². The topological polar surface area (TPSA) is 80.7 Å². The van der Waals surface area contributed by atoms with Crippen molar-refractivity contribution in [2.75, 3.05) is 25.2 Å². The molecule has 0 aliphatic heterocycles. The van der Waals surface area contributed by atoms with Crippen LogP contribution in [0.2, 0.25) is 0 Å². The zero-order valence-corrected chi connectivity index (χ0v) is 20.2. The molecule has 0 heterocycles. The molecule has 176 valence electrons. The van der Waals surface area contributed by atoms with Crippen molar-refractivity contribution in [1.82, 2.24) is 0 Å². The Hall–Kier alpha value is -2.44. The Morgan fingerprint density at radius 2 is 1.48 bits per heavy atom. The lowest BCUT2D eigenvalue weighted by Gasteiger charge is -2.15. The summed E-state index contributed by atoms with van der Waals surface area (Å²) < 4.78 is 5.06. The van der Waals surface area contributed by atoms with Gasteiger partial charge in [-0.25, -0.2) is 0 Å². The predicted molar refractivity (Wildman–Crippen MR) is 133 cm³/mol. The summed E-state index contributed by atoms with van der Waals surface area (Å²) in [6.07, 6.45) is 3.63. The molecule has 3 rings (SSSR count). The van der Waals surface area contributed by atoms with Gasteiger partial charge < -0.3 is 9.84 Å². The summed E-state index contributed by atoms with van der Waals surface area (Å²) in [4.78, 5) is 36.3. The molecule has 0 bridgehead atoms. The average molecular weight is 469 g/mol. The van der Waals surface area contributed by atoms with Crippen LogP contribution < -0.4 is 0 Å². The fraction of sp³-hybridized carbons (Fsp3) is 0.444. The zero-order chi connectivity index (χ0) is 23.8. The molecule has 0 aromatic heterocycles. The molecule has 1 aliphatic carbocycles. The highest BCUT2D eigenvalue weighted by Gasteiger charge is 2.30. The number of fused-ring (bicyclic) bond motifs is 3. The number of carboxylic acids is 1. The third kappa shape index (κ3) is 6.33. The van der Waals surface area contributed by atoms with Crippen LogP contribution in [0, 0.1) is 0 Å². The van der Waals surface area contributed by atoms with E-state index >= 15 is 0 Å². The number of ether oxygens (including phenoxy) is 1. The Bertz CT molecular complexity index is 1010. The largest absolute Gasteiger partial charge is 0.481 e. The average Bonchev–Trinajstić information content (AvgIpc) is 3.12. The van der Waals surface area contributed by atoms with E-state index in [1.165, 1.54) is 0 Å². The summed E-state index contributed by atoms with van der Waals surface area (Å²) in [5.74, 6) is 0.713. The molecule has 0 amide bonds. The van der Waals surface area contributed by atoms with Crippen molar-refractivity contribution in [2.45, 2.75) is 51.4 Å². The summed E-state index contributed by atoms with van der Waals surface area (Å²) in [6.45, 7) is 2.63. The molecule has 0 fully saturated rings. The van der Waals surface area contributed by atoms with E-state index in [-0.39, 0.29) is 23.9 Å². The maximum absolute atomic E-state index is 12.7. The number of benzene rings is 2. The van der Waals surface area contributed by atoms with Gasteiger partial charge in [-0.3, -0.25) is 14.4 Å². The van der Waals surface area contributed by atoms with Gasteiger partial charge >= 0.3 is 5.97 Å². The molecule has 1 unspecified atom stereocenters. The summed E-state index contributed by atoms with van der Waals surface area (Å²) in [7, 11) is 1.63. The van der Waals surface area contributed by atoms with Crippen LogP contribution in [0.25, 0.3) is 11.1 Å². The van der Waals surface area contributed by atoms with Crippen LogP contribution >= 0.6 is 11.8 Å². The molecular formula is C27H32O5S. The summed E-state index contributed by atoms with van der Waals surface area (Å²) in [5, 5.41) is 8.98. The van der Waals surface area contributed by atoms with Gasteiger partial charge in [-0.1, -0.05) is 37.6 Å². The molecule has 1 atom stereocenters. The number of carbonyl (C=O) groups excluding carboxylic acids is 2. The fourth-order valence-electron chi connectivity index (χ4n) is 4.25. The van der Waals surface area contributed by atoms with Crippen molar-refractivity contribution in [2.24, 2.45) is 0 Å². The number of ketones is 2. The third-order valence-electron chi connectivity index (χ3n) is 6.04. The fourth-order valence-corrected chi connectivity index (χ4v) is 5.33. The number of hydrogen-bond donors (Lipinski definition) is 1. The number of methoxy groups -OCH3 is 1. The van der Waals surface area contributed by atoms with Gasteiger partial charge in [0.05, 0.1) is 6.42 Å². The molecule has 2 aromatic carbocycles. The third-order valence-corrected chi connectivity index (χ3v) is 7.10. The van der Waals surface area contributed by atoms with Crippen molar-refractivity contribution < 1.29 is 24.2 Å². The molecule has 33 heavy (non-hydrogen) atoms. The summed E-state index contributed by atoms with van der Waals surface area (Å²) in [6, 6.07) is 11.8. The van der Waals surface area contributed by atoms with Gasteiger partial charge in [0.25, 0.3) is 0 Å². The Morgan fingerprint density at radius 1 is 0.909 bits per heavy atom. The smallest absolute Gasteiger partial charge is 0.304 e. The van der Waals surface area contributed by atoms with Crippen LogP contribution in [-0.2, 0) is 9.53 Å².